The molecule has 0 radical (unpaired) electrons. The first-order valence-electron chi connectivity index (χ1n) is 19.1. The van der Waals surface area contributed by atoms with Gasteiger partial charge >= 0.3 is 6.85 Å². The van der Waals surface area contributed by atoms with Crippen molar-refractivity contribution >= 4 is 89.5 Å². The van der Waals surface area contributed by atoms with Gasteiger partial charge in [0, 0.05) is 66.4 Å². The highest BCUT2D eigenvalue weighted by molar-refractivity contribution is 6.91. The highest BCUT2D eigenvalue weighted by Crippen LogP contribution is 2.49. The van der Waals surface area contributed by atoms with Crippen LogP contribution in [-0.4, -0.2) is 20.5 Å². The molecular weight excluding hydrogens is 667 g/mol. The number of aromatic nitrogens is 3. The van der Waals surface area contributed by atoms with Crippen molar-refractivity contribution in [2.75, 3.05) is 4.90 Å². The Morgan fingerprint density at radius 2 is 0.927 bits per heavy atom. The molecule has 0 spiro atoms. The molecule has 8 aromatic carbocycles. The van der Waals surface area contributed by atoms with Gasteiger partial charge in [-0.2, -0.15) is 0 Å². The fourth-order valence-corrected chi connectivity index (χ4v) is 10.2. The summed E-state index contributed by atoms with van der Waals surface area (Å²) >= 11 is 0. The van der Waals surface area contributed by atoms with Crippen molar-refractivity contribution in [1.29, 1.82) is 0 Å². The molecule has 0 saturated heterocycles. The van der Waals surface area contributed by atoms with Crippen LogP contribution in [0.4, 0.5) is 17.2 Å². The van der Waals surface area contributed by atoms with Crippen LogP contribution < -0.4 is 15.8 Å². The molecule has 2 aliphatic heterocycles. The van der Waals surface area contributed by atoms with E-state index in [0.29, 0.717) is 0 Å². The Labute approximate surface area is 317 Å². The molecule has 0 unspecified atom stereocenters. The van der Waals surface area contributed by atoms with Crippen LogP contribution in [0.5, 0.6) is 0 Å². The van der Waals surface area contributed by atoms with E-state index in [0.717, 1.165) is 11.4 Å². The molecule has 0 saturated carbocycles. The van der Waals surface area contributed by atoms with Crippen LogP contribution in [0.2, 0.25) is 0 Å². The van der Waals surface area contributed by atoms with Gasteiger partial charge in [-0.3, -0.25) is 9.47 Å². The van der Waals surface area contributed by atoms with Gasteiger partial charge in [0.25, 0.3) is 0 Å². The van der Waals surface area contributed by atoms with Crippen LogP contribution in [0.3, 0.4) is 0 Å². The predicted octanol–water partition coefficient (Wildman–Crippen LogP) is 11.3. The Kier molecular flexibility index (Phi) is 5.68. The van der Waals surface area contributed by atoms with Crippen molar-refractivity contribution in [3.05, 3.63) is 188 Å². The van der Waals surface area contributed by atoms with Crippen molar-refractivity contribution in [1.82, 2.24) is 13.6 Å². The summed E-state index contributed by atoms with van der Waals surface area (Å²) in [6.45, 7) is -0.0714. The molecule has 0 N–H and O–H groups in total. The quantitative estimate of drug-likeness (QED) is 0.168. The van der Waals surface area contributed by atoms with Crippen LogP contribution in [0.25, 0.3) is 77.0 Å². The predicted molar refractivity (Wildman–Crippen MR) is 231 cm³/mol. The summed E-state index contributed by atoms with van der Waals surface area (Å²) < 4.78 is 7.67. The summed E-state index contributed by atoms with van der Waals surface area (Å²) in [5, 5.41) is 6.39. The number of benzene rings is 8. The number of rotatable bonds is 3. The van der Waals surface area contributed by atoms with Crippen LogP contribution in [-0.2, 0) is 0 Å². The van der Waals surface area contributed by atoms with E-state index in [1.165, 1.54) is 93.8 Å². The van der Waals surface area contributed by atoms with Crippen molar-refractivity contribution in [2.24, 2.45) is 0 Å². The number of hydrogen-bond acceptors (Lipinski definition) is 1. The maximum absolute atomic E-state index is 2.70. The minimum Gasteiger partial charge on any atom is -0.375 e. The molecule has 5 heterocycles. The number of anilines is 3. The lowest BCUT2D eigenvalue weighted by Gasteiger charge is -2.39. The van der Waals surface area contributed by atoms with E-state index >= 15 is 0 Å². The third kappa shape index (κ3) is 3.67. The Morgan fingerprint density at radius 3 is 1.67 bits per heavy atom. The van der Waals surface area contributed by atoms with Gasteiger partial charge in [-0.05, 0) is 77.1 Å². The van der Waals surface area contributed by atoms with Crippen LogP contribution >= 0.6 is 0 Å². The second-order valence-electron chi connectivity index (χ2n) is 14.9. The van der Waals surface area contributed by atoms with E-state index in [1.807, 2.05) is 0 Å². The molecule has 0 amide bonds. The largest absolute Gasteiger partial charge is 0.375 e. The average molecular weight is 699 g/mol. The van der Waals surface area contributed by atoms with Gasteiger partial charge < -0.3 is 9.05 Å². The lowest BCUT2D eigenvalue weighted by Crippen LogP contribution is -2.56. The normalized spacial score (nSPS) is 13.0. The molecule has 0 bridgehead atoms. The molecule has 0 aliphatic carbocycles. The molecule has 3 aromatic heterocycles. The SMILES string of the molecule is c1ccc(N2c3cccc4c3B(c3c2n(-c2ccccc2)c2ccccc32)n2c3ccc5c6ccccc6n(-c6ccccc6)c5c3c3cccc-4c32)cc1. The maximum Gasteiger partial charge on any atom is 0.335 e. The van der Waals surface area contributed by atoms with Crippen LogP contribution in [0, 0.1) is 0 Å². The Balaban J connectivity index is 1.25. The Bertz CT molecular complexity index is 3370. The smallest absolute Gasteiger partial charge is 0.335 e. The fraction of sp³-hybridized carbons (Fsp3) is 0. The average Bonchev–Trinajstić information content (AvgIpc) is 3.90. The van der Waals surface area contributed by atoms with Gasteiger partial charge in [-0.15, -0.1) is 0 Å². The van der Waals surface area contributed by atoms with Gasteiger partial charge in [0.05, 0.1) is 16.6 Å². The Morgan fingerprint density at radius 1 is 0.345 bits per heavy atom. The molecule has 11 aromatic rings. The topological polar surface area (TPSA) is 18.0 Å². The summed E-state index contributed by atoms with van der Waals surface area (Å²) in [4.78, 5) is 2.51. The van der Waals surface area contributed by atoms with Crippen molar-refractivity contribution in [2.45, 2.75) is 0 Å². The summed E-state index contributed by atoms with van der Waals surface area (Å²) in [7, 11) is 0. The first-order chi connectivity index (χ1) is 27.4. The summed E-state index contributed by atoms with van der Waals surface area (Å²) in [6, 6.07) is 69.2. The van der Waals surface area contributed by atoms with Gasteiger partial charge in [-0.1, -0.05) is 127 Å². The van der Waals surface area contributed by atoms with Crippen molar-refractivity contribution in [3.8, 4) is 22.5 Å². The van der Waals surface area contributed by atoms with Gasteiger partial charge in [0.1, 0.15) is 5.82 Å². The van der Waals surface area contributed by atoms with Crippen LogP contribution in [0.1, 0.15) is 0 Å². The number of nitrogens with zero attached hydrogens (tertiary/aromatic N) is 4. The summed E-state index contributed by atoms with van der Waals surface area (Å²) in [5.41, 5.74) is 16.1. The maximum atomic E-state index is 2.70. The van der Waals surface area contributed by atoms with Crippen molar-refractivity contribution < 1.29 is 0 Å². The van der Waals surface area contributed by atoms with Gasteiger partial charge in [0.2, 0.25) is 0 Å². The van der Waals surface area contributed by atoms with E-state index in [1.54, 1.807) is 0 Å². The first kappa shape index (κ1) is 29.2. The second kappa shape index (κ2) is 10.7. The fourth-order valence-electron chi connectivity index (χ4n) is 10.2. The Hall–Kier alpha value is -7.24. The zero-order valence-electron chi connectivity index (χ0n) is 29.8. The van der Waals surface area contributed by atoms with E-state index in [2.05, 4.69) is 207 Å². The second-order valence-corrected chi connectivity index (χ2v) is 14.9. The molecule has 4 nitrogen and oxygen atoms in total. The standard InChI is InChI=1S/C50H31BN4/c1-4-16-32(17-5-1)52-41-27-12-10-22-35(41)38-30-31-43-45(49(38)52)40-26-14-25-37-36-24-15-29-44-46(36)51(55(43)48(37)40)47-39-23-11-13-28-42(39)53(33-18-6-2-7-19-33)50(47)54(44)34-20-8-3-9-21-34/h1-31H. The van der Waals surface area contributed by atoms with Crippen LogP contribution in [0.15, 0.2) is 188 Å². The zero-order chi connectivity index (χ0) is 35.8. The van der Waals surface area contributed by atoms with E-state index in [4.69, 9.17) is 0 Å². The minimum atomic E-state index is -0.0714. The highest BCUT2D eigenvalue weighted by Gasteiger charge is 2.46. The molecule has 5 heteroatoms. The lowest BCUT2D eigenvalue weighted by atomic mass is 9.45. The first-order valence-corrected chi connectivity index (χ1v) is 19.1. The van der Waals surface area contributed by atoms with Crippen molar-refractivity contribution in [3.63, 3.8) is 0 Å². The molecule has 0 atom stereocenters. The molecular formula is C50H31BN4. The van der Waals surface area contributed by atoms with Gasteiger partial charge in [-0.25, -0.2) is 0 Å². The molecule has 2 aliphatic rings. The molecule has 0 fully saturated rings. The van der Waals surface area contributed by atoms with E-state index < -0.39 is 0 Å². The van der Waals surface area contributed by atoms with Gasteiger partial charge in [0.15, 0.2) is 0 Å². The van der Waals surface area contributed by atoms with E-state index in [9.17, 15) is 0 Å². The number of para-hydroxylation sites is 6. The third-order valence-corrected chi connectivity index (χ3v) is 12.2. The third-order valence-electron chi connectivity index (χ3n) is 12.2. The number of hydrogen-bond donors (Lipinski definition) is 0. The summed E-state index contributed by atoms with van der Waals surface area (Å²) in [5.74, 6) is 1.18. The molecule has 55 heavy (non-hydrogen) atoms. The number of fused-ring (bicyclic) bond motifs is 13. The lowest BCUT2D eigenvalue weighted by molar-refractivity contribution is 1.07. The van der Waals surface area contributed by atoms with E-state index in [-0.39, 0.29) is 6.85 Å². The molecule has 254 valence electrons. The zero-order valence-corrected chi connectivity index (χ0v) is 29.8. The monoisotopic (exact) mass is 698 g/mol. The minimum absolute atomic E-state index is 0.0714. The summed E-state index contributed by atoms with van der Waals surface area (Å²) in [6.07, 6.45) is 0. The highest BCUT2D eigenvalue weighted by atomic mass is 15.3. The molecule has 13 rings (SSSR count).